The number of carbonyl (C=O) groups is 2. The molecule has 1 aliphatic heterocycles. The molecule has 1 fully saturated rings. The zero-order valence-corrected chi connectivity index (χ0v) is 14.5. The van der Waals surface area contributed by atoms with Crippen LogP contribution in [0.4, 0.5) is 0 Å². The maximum Gasteiger partial charge on any atom is 0.312 e. The van der Waals surface area contributed by atoms with Gasteiger partial charge in [-0.25, -0.2) is 0 Å². The van der Waals surface area contributed by atoms with E-state index in [0.717, 1.165) is 30.4 Å². The molecule has 1 heterocycles. The second-order valence-electron chi connectivity index (χ2n) is 6.57. The first-order chi connectivity index (χ1) is 12.2. The summed E-state index contributed by atoms with van der Waals surface area (Å²) in [6, 6.07) is 19.3. The van der Waals surface area contributed by atoms with Gasteiger partial charge in [0.2, 0.25) is 0 Å². The Morgan fingerprint density at radius 2 is 1.52 bits per heavy atom. The van der Waals surface area contributed by atoms with Crippen LogP contribution in [0.1, 0.15) is 43.4 Å². The standard InChI is InChI=1S/C21H24N2O2/c1-16-10-8-9-15-23(16)21(25)20(24)22-19(17-11-4-2-5-12-17)18-13-6-3-7-14-18/h2-7,11-14,16,19H,8-10,15H2,1H3,(H,22,24). The van der Waals surface area contributed by atoms with E-state index in [4.69, 9.17) is 0 Å². The van der Waals surface area contributed by atoms with Crippen molar-refractivity contribution in [1.29, 1.82) is 0 Å². The Morgan fingerprint density at radius 1 is 0.960 bits per heavy atom. The molecular weight excluding hydrogens is 312 g/mol. The maximum absolute atomic E-state index is 12.6. The Labute approximate surface area is 148 Å². The molecule has 4 nitrogen and oxygen atoms in total. The second-order valence-corrected chi connectivity index (χ2v) is 6.57. The molecule has 130 valence electrons. The van der Waals surface area contributed by atoms with Crippen LogP contribution in [0.15, 0.2) is 60.7 Å². The van der Waals surface area contributed by atoms with Gasteiger partial charge in [-0.05, 0) is 37.3 Å². The first-order valence-electron chi connectivity index (χ1n) is 8.88. The minimum absolute atomic E-state index is 0.124. The van der Waals surface area contributed by atoms with E-state index in [0.29, 0.717) is 6.54 Å². The zero-order valence-electron chi connectivity index (χ0n) is 14.5. The minimum Gasteiger partial charge on any atom is -0.337 e. The summed E-state index contributed by atoms with van der Waals surface area (Å²) in [5, 5.41) is 2.94. The van der Waals surface area contributed by atoms with Gasteiger partial charge in [0.05, 0.1) is 6.04 Å². The Morgan fingerprint density at radius 3 is 2.04 bits per heavy atom. The van der Waals surface area contributed by atoms with E-state index in [1.807, 2.05) is 67.6 Å². The fraction of sp³-hybridized carbons (Fsp3) is 0.333. The van der Waals surface area contributed by atoms with E-state index in [1.54, 1.807) is 4.90 Å². The SMILES string of the molecule is CC1CCCCN1C(=O)C(=O)NC(c1ccccc1)c1ccccc1. The molecule has 0 aliphatic carbocycles. The van der Waals surface area contributed by atoms with Gasteiger partial charge < -0.3 is 10.2 Å². The van der Waals surface area contributed by atoms with Crippen LogP contribution in [0.3, 0.4) is 0 Å². The van der Waals surface area contributed by atoms with E-state index in [9.17, 15) is 9.59 Å². The van der Waals surface area contributed by atoms with Gasteiger partial charge in [0.25, 0.3) is 0 Å². The van der Waals surface area contributed by atoms with Crippen LogP contribution in [-0.4, -0.2) is 29.3 Å². The summed E-state index contributed by atoms with van der Waals surface area (Å²) in [6.45, 7) is 2.67. The summed E-state index contributed by atoms with van der Waals surface area (Å²) >= 11 is 0. The summed E-state index contributed by atoms with van der Waals surface area (Å²) in [4.78, 5) is 27.0. The van der Waals surface area contributed by atoms with Crippen LogP contribution in [0, 0.1) is 0 Å². The Hall–Kier alpha value is -2.62. The number of piperidine rings is 1. The van der Waals surface area contributed by atoms with Crippen LogP contribution in [-0.2, 0) is 9.59 Å². The second kappa shape index (κ2) is 7.97. The molecule has 0 aromatic heterocycles. The molecule has 2 aromatic rings. The first kappa shape index (κ1) is 17.2. The molecule has 25 heavy (non-hydrogen) atoms. The highest BCUT2D eigenvalue weighted by Gasteiger charge is 2.29. The molecule has 2 aromatic carbocycles. The normalized spacial score (nSPS) is 17.4. The molecular formula is C21H24N2O2. The van der Waals surface area contributed by atoms with Crippen molar-refractivity contribution in [3.8, 4) is 0 Å². The Balaban J connectivity index is 1.80. The van der Waals surface area contributed by atoms with Gasteiger partial charge in [0, 0.05) is 12.6 Å². The van der Waals surface area contributed by atoms with Gasteiger partial charge in [0.15, 0.2) is 0 Å². The van der Waals surface area contributed by atoms with Crippen LogP contribution >= 0.6 is 0 Å². The number of likely N-dealkylation sites (tertiary alicyclic amines) is 1. The number of hydrogen-bond donors (Lipinski definition) is 1. The van der Waals surface area contributed by atoms with E-state index in [1.165, 1.54) is 0 Å². The molecule has 1 unspecified atom stereocenters. The highest BCUT2D eigenvalue weighted by Crippen LogP contribution is 2.22. The summed E-state index contributed by atoms with van der Waals surface area (Å²) in [7, 11) is 0. The van der Waals surface area contributed by atoms with Crippen LogP contribution < -0.4 is 5.32 Å². The first-order valence-corrected chi connectivity index (χ1v) is 8.88. The van der Waals surface area contributed by atoms with Crippen molar-refractivity contribution in [3.05, 3.63) is 71.8 Å². The van der Waals surface area contributed by atoms with Crippen molar-refractivity contribution in [3.63, 3.8) is 0 Å². The topological polar surface area (TPSA) is 49.4 Å². The van der Waals surface area contributed by atoms with E-state index >= 15 is 0 Å². The van der Waals surface area contributed by atoms with Crippen molar-refractivity contribution in [2.24, 2.45) is 0 Å². The quantitative estimate of drug-likeness (QED) is 0.875. The lowest BCUT2D eigenvalue weighted by Gasteiger charge is -2.33. The fourth-order valence-corrected chi connectivity index (χ4v) is 3.37. The Kier molecular flexibility index (Phi) is 5.49. The van der Waals surface area contributed by atoms with Crippen molar-refractivity contribution < 1.29 is 9.59 Å². The van der Waals surface area contributed by atoms with Gasteiger partial charge in [-0.1, -0.05) is 60.7 Å². The van der Waals surface area contributed by atoms with Crippen molar-refractivity contribution in [2.75, 3.05) is 6.54 Å². The molecule has 0 saturated carbocycles. The summed E-state index contributed by atoms with van der Waals surface area (Å²) in [6.07, 6.45) is 3.03. The highest BCUT2D eigenvalue weighted by molar-refractivity contribution is 6.35. The third kappa shape index (κ3) is 4.08. The third-order valence-corrected chi connectivity index (χ3v) is 4.80. The average molecular weight is 336 g/mol. The van der Waals surface area contributed by atoms with Crippen molar-refractivity contribution in [1.82, 2.24) is 10.2 Å². The van der Waals surface area contributed by atoms with E-state index in [-0.39, 0.29) is 12.1 Å². The van der Waals surface area contributed by atoms with E-state index < -0.39 is 11.8 Å². The van der Waals surface area contributed by atoms with Crippen LogP contribution in [0.25, 0.3) is 0 Å². The van der Waals surface area contributed by atoms with Gasteiger partial charge in [-0.15, -0.1) is 0 Å². The third-order valence-electron chi connectivity index (χ3n) is 4.80. The lowest BCUT2D eigenvalue weighted by Crippen LogP contribution is -2.49. The fourth-order valence-electron chi connectivity index (χ4n) is 3.37. The number of rotatable bonds is 3. The molecule has 0 radical (unpaired) electrons. The van der Waals surface area contributed by atoms with Crippen LogP contribution in [0.2, 0.25) is 0 Å². The predicted octanol–water partition coefficient (Wildman–Crippen LogP) is 3.29. The summed E-state index contributed by atoms with van der Waals surface area (Å²) in [5.74, 6) is -0.962. The highest BCUT2D eigenvalue weighted by atomic mass is 16.2. The smallest absolute Gasteiger partial charge is 0.312 e. The number of hydrogen-bond acceptors (Lipinski definition) is 2. The molecule has 1 atom stereocenters. The van der Waals surface area contributed by atoms with E-state index in [2.05, 4.69) is 5.32 Å². The van der Waals surface area contributed by atoms with Crippen molar-refractivity contribution >= 4 is 11.8 Å². The number of nitrogens with zero attached hydrogens (tertiary/aromatic N) is 1. The monoisotopic (exact) mass is 336 g/mol. The predicted molar refractivity (Wildman–Crippen MR) is 97.9 cm³/mol. The molecule has 2 amide bonds. The van der Waals surface area contributed by atoms with Gasteiger partial charge in [0.1, 0.15) is 0 Å². The minimum atomic E-state index is -0.536. The number of benzene rings is 2. The average Bonchev–Trinajstić information content (AvgIpc) is 2.67. The molecule has 1 saturated heterocycles. The lowest BCUT2D eigenvalue weighted by atomic mass is 9.98. The number of nitrogens with one attached hydrogen (secondary N) is 1. The zero-order chi connectivity index (χ0) is 17.6. The largest absolute Gasteiger partial charge is 0.337 e. The molecule has 0 spiro atoms. The number of carbonyl (C=O) groups excluding carboxylic acids is 2. The van der Waals surface area contributed by atoms with Gasteiger partial charge in [-0.3, -0.25) is 9.59 Å². The Bertz CT molecular complexity index is 676. The molecule has 0 bridgehead atoms. The molecule has 3 rings (SSSR count). The van der Waals surface area contributed by atoms with Crippen molar-refractivity contribution in [2.45, 2.75) is 38.3 Å². The lowest BCUT2D eigenvalue weighted by molar-refractivity contribution is -0.148. The van der Waals surface area contributed by atoms with Gasteiger partial charge in [-0.2, -0.15) is 0 Å². The molecule has 1 aliphatic rings. The summed E-state index contributed by atoms with van der Waals surface area (Å²) < 4.78 is 0. The summed E-state index contributed by atoms with van der Waals surface area (Å²) in [5.41, 5.74) is 1.92. The molecule has 4 heteroatoms. The number of amides is 2. The maximum atomic E-state index is 12.6. The van der Waals surface area contributed by atoms with Gasteiger partial charge >= 0.3 is 11.8 Å². The molecule has 1 N–H and O–H groups in total. The van der Waals surface area contributed by atoms with Crippen LogP contribution in [0.5, 0.6) is 0 Å².